The Labute approximate surface area is 121 Å². The zero-order valence-electron chi connectivity index (χ0n) is 11.9. The molecule has 2 saturated heterocycles. The highest BCUT2D eigenvalue weighted by Crippen LogP contribution is 2.31. The number of hydrogen-bond donors (Lipinski definition) is 1. The number of amidine groups is 1. The summed E-state index contributed by atoms with van der Waals surface area (Å²) >= 11 is 1.96. The lowest BCUT2D eigenvalue weighted by atomic mass is 9.86. The Balaban J connectivity index is 1.42. The summed E-state index contributed by atoms with van der Waals surface area (Å²) in [5, 5.41) is 4.91. The van der Waals surface area contributed by atoms with Crippen molar-refractivity contribution in [2.24, 2.45) is 10.9 Å². The fraction of sp³-hybridized carbons (Fsp3) is 0.933. The van der Waals surface area contributed by atoms with E-state index in [4.69, 9.17) is 4.99 Å². The maximum atomic E-state index is 4.80. The molecular weight excluding hydrogens is 254 g/mol. The molecule has 2 heterocycles. The van der Waals surface area contributed by atoms with Crippen LogP contribution in [0.25, 0.3) is 0 Å². The van der Waals surface area contributed by atoms with Gasteiger partial charge < -0.3 is 10.2 Å². The Morgan fingerprint density at radius 3 is 2.84 bits per heavy atom. The van der Waals surface area contributed by atoms with Crippen LogP contribution in [0, 0.1) is 5.92 Å². The van der Waals surface area contributed by atoms with Crippen LogP contribution < -0.4 is 5.32 Å². The van der Waals surface area contributed by atoms with E-state index in [1.54, 1.807) is 0 Å². The molecule has 0 aromatic rings. The van der Waals surface area contributed by atoms with Crippen LogP contribution in [-0.4, -0.2) is 48.0 Å². The Bertz CT molecular complexity index is 313. The molecule has 1 saturated carbocycles. The minimum absolute atomic E-state index is 0.726. The quantitative estimate of drug-likeness (QED) is 0.862. The second kappa shape index (κ2) is 6.98. The van der Waals surface area contributed by atoms with Crippen molar-refractivity contribution >= 4 is 16.9 Å². The third-order valence-electron chi connectivity index (χ3n) is 4.77. The van der Waals surface area contributed by atoms with Crippen molar-refractivity contribution < 1.29 is 0 Å². The standard InChI is InChI=1S/C15H27N3S/c1-4-9-18(10-5-1)11-8-16-15-17-14-7-3-2-6-13(14)12-19-15/h13-14H,1-12H2,(H,16,17). The first-order chi connectivity index (χ1) is 9.42. The van der Waals surface area contributed by atoms with E-state index in [1.807, 2.05) is 11.8 Å². The van der Waals surface area contributed by atoms with Crippen LogP contribution in [0.15, 0.2) is 4.99 Å². The van der Waals surface area contributed by atoms with Gasteiger partial charge in [-0.15, -0.1) is 0 Å². The first-order valence-electron chi connectivity index (χ1n) is 8.08. The number of fused-ring (bicyclic) bond motifs is 1. The van der Waals surface area contributed by atoms with Crippen molar-refractivity contribution in [2.45, 2.75) is 51.0 Å². The molecule has 1 aliphatic carbocycles. The van der Waals surface area contributed by atoms with Crippen LogP contribution in [-0.2, 0) is 0 Å². The average molecular weight is 281 g/mol. The van der Waals surface area contributed by atoms with E-state index in [0.717, 1.165) is 25.0 Å². The highest BCUT2D eigenvalue weighted by atomic mass is 32.2. The summed E-state index contributed by atoms with van der Waals surface area (Å²) in [6.07, 6.45) is 9.80. The Hall–Kier alpha value is -0.220. The highest BCUT2D eigenvalue weighted by molar-refractivity contribution is 8.13. The number of nitrogens with one attached hydrogen (secondary N) is 1. The Morgan fingerprint density at radius 1 is 1.11 bits per heavy atom. The van der Waals surface area contributed by atoms with Gasteiger partial charge in [-0.3, -0.25) is 4.99 Å². The number of aliphatic imine (C=N–C) groups is 1. The van der Waals surface area contributed by atoms with Gasteiger partial charge in [0.15, 0.2) is 5.17 Å². The van der Waals surface area contributed by atoms with Gasteiger partial charge in [0.05, 0.1) is 6.54 Å². The summed E-state index contributed by atoms with van der Waals surface area (Å²) in [5.41, 5.74) is 0. The van der Waals surface area contributed by atoms with Crippen LogP contribution in [0.3, 0.4) is 0 Å². The van der Waals surface area contributed by atoms with Crippen molar-refractivity contribution in [3.8, 4) is 0 Å². The Kier molecular flexibility index (Phi) is 5.05. The van der Waals surface area contributed by atoms with Crippen LogP contribution in [0.5, 0.6) is 0 Å². The monoisotopic (exact) mass is 281 g/mol. The fourth-order valence-corrected chi connectivity index (χ4v) is 4.74. The molecule has 4 heteroatoms. The van der Waals surface area contributed by atoms with E-state index >= 15 is 0 Å². The number of nitrogens with zero attached hydrogens (tertiary/aromatic N) is 2. The summed E-state index contributed by atoms with van der Waals surface area (Å²) in [4.78, 5) is 7.37. The van der Waals surface area contributed by atoms with E-state index < -0.39 is 0 Å². The van der Waals surface area contributed by atoms with E-state index in [1.165, 1.54) is 69.0 Å². The number of likely N-dealkylation sites (tertiary alicyclic amines) is 1. The summed E-state index contributed by atoms with van der Waals surface area (Å²) in [7, 11) is 0. The Morgan fingerprint density at radius 2 is 1.95 bits per heavy atom. The van der Waals surface area contributed by atoms with Crippen molar-refractivity contribution in [1.29, 1.82) is 0 Å². The van der Waals surface area contributed by atoms with Gasteiger partial charge in [-0.25, -0.2) is 0 Å². The van der Waals surface area contributed by atoms with E-state index in [9.17, 15) is 0 Å². The molecule has 19 heavy (non-hydrogen) atoms. The first kappa shape index (κ1) is 13.7. The molecule has 108 valence electrons. The molecule has 3 rings (SSSR count). The minimum atomic E-state index is 0.726. The van der Waals surface area contributed by atoms with Crippen LogP contribution in [0.2, 0.25) is 0 Å². The smallest absolute Gasteiger partial charge is 0.156 e. The number of thioether (sulfide) groups is 1. The van der Waals surface area contributed by atoms with Gasteiger partial charge in [-0.1, -0.05) is 31.0 Å². The van der Waals surface area contributed by atoms with Gasteiger partial charge in [-0.05, 0) is 44.7 Å². The van der Waals surface area contributed by atoms with Gasteiger partial charge in [0.2, 0.25) is 0 Å². The molecule has 2 unspecified atom stereocenters. The van der Waals surface area contributed by atoms with Gasteiger partial charge >= 0.3 is 0 Å². The summed E-state index contributed by atoms with van der Waals surface area (Å²) < 4.78 is 0. The topological polar surface area (TPSA) is 27.6 Å². The highest BCUT2D eigenvalue weighted by Gasteiger charge is 2.30. The molecule has 3 nitrogen and oxygen atoms in total. The molecule has 0 amide bonds. The molecule has 3 fully saturated rings. The lowest BCUT2D eigenvalue weighted by Gasteiger charge is -2.37. The molecule has 0 aromatic carbocycles. The molecule has 2 atom stereocenters. The number of hydrogen-bond acceptors (Lipinski definition) is 3. The SMILES string of the molecule is C1CCN(CCN=C2NC3CCCCC3CS2)CC1. The second-order valence-corrected chi connectivity index (χ2v) is 7.20. The van der Waals surface area contributed by atoms with Crippen LogP contribution >= 0.6 is 11.8 Å². The maximum absolute atomic E-state index is 4.80. The summed E-state index contributed by atoms with van der Waals surface area (Å²) in [5.74, 6) is 2.19. The fourth-order valence-electron chi connectivity index (χ4n) is 3.55. The molecule has 1 N–H and O–H groups in total. The molecule has 3 aliphatic rings. The molecule has 2 aliphatic heterocycles. The van der Waals surface area contributed by atoms with Crippen LogP contribution in [0.4, 0.5) is 0 Å². The second-order valence-electron chi connectivity index (χ2n) is 6.20. The maximum Gasteiger partial charge on any atom is 0.156 e. The van der Waals surface area contributed by atoms with Gasteiger partial charge in [0.25, 0.3) is 0 Å². The van der Waals surface area contributed by atoms with Crippen molar-refractivity contribution in [2.75, 3.05) is 31.9 Å². The van der Waals surface area contributed by atoms with Crippen molar-refractivity contribution in [1.82, 2.24) is 10.2 Å². The summed E-state index contributed by atoms with van der Waals surface area (Å²) in [6.45, 7) is 4.71. The minimum Gasteiger partial charge on any atom is -0.362 e. The van der Waals surface area contributed by atoms with E-state index in [2.05, 4.69) is 10.2 Å². The lowest BCUT2D eigenvalue weighted by Crippen LogP contribution is -2.46. The number of rotatable bonds is 3. The van der Waals surface area contributed by atoms with Gasteiger partial charge in [0.1, 0.15) is 0 Å². The molecular formula is C15H27N3S. The summed E-state index contributed by atoms with van der Waals surface area (Å²) in [6, 6.07) is 0.726. The predicted octanol–water partition coefficient (Wildman–Crippen LogP) is 2.72. The zero-order valence-corrected chi connectivity index (χ0v) is 12.8. The van der Waals surface area contributed by atoms with Crippen molar-refractivity contribution in [3.63, 3.8) is 0 Å². The predicted molar refractivity (Wildman–Crippen MR) is 83.9 cm³/mol. The van der Waals surface area contributed by atoms with E-state index in [0.29, 0.717) is 0 Å². The third kappa shape index (κ3) is 3.88. The first-order valence-corrected chi connectivity index (χ1v) is 9.06. The molecule has 0 spiro atoms. The lowest BCUT2D eigenvalue weighted by molar-refractivity contribution is 0.235. The molecule has 0 radical (unpaired) electrons. The zero-order chi connectivity index (χ0) is 12.9. The molecule has 0 aromatic heterocycles. The average Bonchev–Trinajstić information content (AvgIpc) is 2.48. The van der Waals surface area contributed by atoms with E-state index in [-0.39, 0.29) is 0 Å². The number of piperidine rings is 1. The van der Waals surface area contributed by atoms with Crippen molar-refractivity contribution in [3.05, 3.63) is 0 Å². The largest absolute Gasteiger partial charge is 0.362 e. The molecule has 0 bridgehead atoms. The van der Waals surface area contributed by atoms with Gasteiger partial charge in [-0.2, -0.15) is 0 Å². The van der Waals surface area contributed by atoms with Crippen LogP contribution in [0.1, 0.15) is 44.9 Å². The third-order valence-corrected chi connectivity index (χ3v) is 5.89. The normalized spacial score (nSPS) is 34.8. The van der Waals surface area contributed by atoms with Gasteiger partial charge in [0, 0.05) is 18.3 Å².